The Kier molecular flexibility index (Phi) is 8.00. The van der Waals surface area contributed by atoms with Gasteiger partial charge in [-0.15, -0.1) is 0 Å². The Bertz CT molecular complexity index is 824. The first-order chi connectivity index (χ1) is 11.7. The van der Waals surface area contributed by atoms with E-state index in [-0.39, 0.29) is 5.91 Å². The molecule has 2 aromatic rings. The van der Waals surface area contributed by atoms with Gasteiger partial charge < -0.3 is 15.2 Å². The second-order valence-electron chi connectivity index (χ2n) is 4.93. The minimum absolute atomic E-state index is 0.199. The lowest BCUT2D eigenvalue weighted by Crippen LogP contribution is -2.20. The zero-order valence-corrected chi connectivity index (χ0v) is 21.3. The molecule has 0 saturated heterocycles. The molecule has 0 aliphatic rings. The number of anilines is 1. The molecule has 1 atom stereocenters. The van der Waals surface area contributed by atoms with E-state index in [1.54, 1.807) is 12.1 Å². The van der Waals surface area contributed by atoms with E-state index in [0.29, 0.717) is 20.6 Å². The number of halogens is 4. The van der Waals surface area contributed by atoms with E-state index in [0.717, 1.165) is 10.7 Å². The van der Waals surface area contributed by atoms with Gasteiger partial charge in [0.1, 0.15) is 5.75 Å². The van der Waals surface area contributed by atoms with Crippen LogP contribution in [-0.2, 0) is 9.59 Å². The maximum atomic E-state index is 11.7. The van der Waals surface area contributed by atoms with Crippen molar-refractivity contribution in [1.82, 2.24) is 0 Å². The van der Waals surface area contributed by atoms with E-state index in [4.69, 9.17) is 4.74 Å². The summed E-state index contributed by atoms with van der Waals surface area (Å²) < 4.78 is 9.18. The molecule has 0 heterocycles. The normalized spacial score (nSPS) is 11.7. The van der Waals surface area contributed by atoms with Crippen LogP contribution in [0, 0.1) is 14.3 Å². The summed E-state index contributed by atoms with van der Waals surface area (Å²) in [7, 11) is 0. The highest BCUT2D eigenvalue weighted by Gasteiger charge is 2.26. The number of hydrogen-bond donors (Lipinski definition) is 2. The number of carbonyl (C=O) groups excluding carboxylic acids is 1. The highest BCUT2D eigenvalue weighted by atomic mass is 127. The molecule has 0 aliphatic heterocycles. The molecule has 0 bridgehead atoms. The molecular formula is C16H11I4NO4. The molecule has 132 valence electrons. The fourth-order valence-corrected chi connectivity index (χ4v) is 6.24. The Balaban J connectivity index is 2.47. The Morgan fingerprint density at radius 1 is 1.08 bits per heavy atom. The standard InChI is InChI=1S/C16H11I4NO4/c1-7(22)21-13-10(18)6-11(19)15(12(13)20)25-14(16(23)24)8-2-4-9(17)5-3-8/h2-6,14H,1H3,(H,21,22)(H,23,24). The first kappa shape index (κ1) is 21.4. The maximum absolute atomic E-state index is 11.7. The first-order valence-electron chi connectivity index (χ1n) is 6.80. The summed E-state index contributed by atoms with van der Waals surface area (Å²) in [6, 6.07) is 8.99. The zero-order chi connectivity index (χ0) is 18.7. The smallest absolute Gasteiger partial charge is 0.349 e. The lowest BCUT2D eigenvalue weighted by molar-refractivity contribution is -0.145. The number of aliphatic carboxylic acids is 1. The molecule has 2 aromatic carbocycles. The third kappa shape index (κ3) is 5.54. The van der Waals surface area contributed by atoms with E-state index in [9.17, 15) is 14.7 Å². The summed E-state index contributed by atoms with van der Waals surface area (Å²) in [6.07, 6.45) is -1.13. The molecule has 2 N–H and O–H groups in total. The van der Waals surface area contributed by atoms with Crippen LogP contribution in [0.5, 0.6) is 5.75 Å². The molecule has 2 rings (SSSR count). The van der Waals surface area contributed by atoms with E-state index < -0.39 is 12.1 Å². The van der Waals surface area contributed by atoms with Crippen LogP contribution >= 0.6 is 90.4 Å². The number of rotatable bonds is 5. The van der Waals surface area contributed by atoms with Crippen molar-refractivity contribution in [2.45, 2.75) is 13.0 Å². The molecule has 0 radical (unpaired) electrons. The summed E-state index contributed by atoms with van der Waals surface area (Å²) in [5.74, 6) is -0.834. The number of benzene rings is 2. The summed E-state index contributed by atoms with van der Waals surface area (Å²) in [4.78, 5) is 23.2. The van der Waals surface area contributed by atoms with Gasteiger partial charge in [-0.2, -0.15) is 0 Å². The van der Waals surface area contributed by atoms with Gasteiger partial charge >= 0.3 is 5.97 Å². The van der Waals surface area contributed by atoms with Gasteiger partial charge in [-0.25, -0.2) is 4.79 Å². The van der Waals surface area contributed by atoms with E-state index >= 15 is 0 Å². The molecule has 0 spiro atoms. The summed E-state index contributed by atoms with van der Waals surface area (Å²) in [5.41, 5.74) is 1.18. The van der Waals surface area contributed by atoms with Gasteiger partial charge in [0.25, 0.3) is 0 Å². The topological polar surface area (TPSA) is 75.6 Å². The van der Waals surface area contributed by atoms with Crippen molar-refractivity contribution < 1.29 is 19.4 Å². The minimum atomic E-state index is -1.13. The first-order valence-corrected chi connectivity index (χ1v) is 11.1. The predicted molar refractivity (Wildman–Crippen MR) is 129 cm³/mol. The second-order valence-corrected chi connectivity index (χ2v) is 9.58. The molecule has 5 nitrogen and oxygen atoms in total. The van der Waals surface area contributed by atoms with E-state index in [2.05, 4.69) is 95.7 Å². The number of nitrogens with one attached hydrogen (secondary N) is 1. The molecule has 0 saturated carbocycles. The Labute approximate surface area is 199 Å². The largest absolute Gasteiger partial charge is 0.478 e. The van der Waals surface area contributed by atoms with Gasteiger partial charge in [-0.05, 0) is 109 Å². The van der Waals surface area contributed by atoms with Crippen LogP contribution in [-0.4, -0.2) is 17.0 Å². The third-order valence-electron chi connectivity index (χ3n) is 3.06. The zero-order valence-electron chi connectivity index (χ0n) is 12.6. The second kappa shape index (κ2) is 9.34. The molecular weight excluding hydrogens is 778 g/mol. The van der Waals surface area contributed by atoms with Gasteiger partial charge in [0, 0.05) is 19.6 Å². The Morgan fingerprint density at radius 2 is 1.68 bits per heavy atom. The van der Waals surface area contributed by atoms with E-state index in [1.807, 2.05) is 18.2 Å². The van der Waals surface area contributed by atoms with Crippen LogP contribution in [0.1, 0.15) is 18.6 Å². The Hall–Kier alpha value is 0.1000. The number of carboxylic acid groups (broad SMARTS) is 1. The molecule has 0 aliphatic carbocycles. The van der Waals surface area contributed by atoms with Gasteiger partial charge in [-0.1, -0.05) is 12.1 Å². The van der Waals surface area contributed by atoms with Crippen LogP contribution in [0.25, 0.3) is 0 Å². The fraction of sp³-hybridized carbons (Fsp3) is 0.125. The highest BCUT2D eigenvalue weighted by molar-refractivity contribution is 14.1. The number of carboxylic acids is 1. The van der Waals surface area contributed by atoms with Crippen molar-refractivity contribution in [1.29, 1.82) is 0 Å². The van der Waals surface area contributed by atoms with Crippen LogP contribution in [0.15, 0.2) is 30.3 Å². The molecule has 1 amide bonds. The number of amides is 1. The van der Waals surface area contributed by atoms with Crippen molar-refractivity contribution >= 4 is 108 Å². The fourth-order valence-electron chi connectivity index (χ4n) is 1.99. The van der Waals surface area contributed by atoms with E-state index in [1.165, 1.54) is 6.92 Å². The minimum Gasteiger partial charge on any atom is -0.478 e. The average Bonchev–Trinajstić information content (AvgIpc) is 2.52. The summed E-state index contributed by atoms with van der Waals surface area (Å²) in [6.45, 7) is 1.43. The van der Waals surface area contributed by atoms with Crippen molar-refractivity contribution in [3.8, 4) is 5.75 Å². The van der Waals surface area contributed by atoms with Crippen LogP contribution < -0.4 is 10.1 Å². The average molecular weight is 789 g/mol. The third-order valence-corrected chi connectivity index (χ3v) is 6.46. The quantitative estimate of drug-likeness (QED) is 0.406. The van der Waals surface area contributed by atoms with Crippen molar-refractivity contribution in [2.24, 2.45) is 0 Å². The Morgan fingerprint density at radius 3 is 2.20 bits per heavy atom. The molecule has 0 fully saturated rings. The van der Waals surface area contributed by atoms with Crippen molar-refractivity contribution in [3.05, 3.63) is 50.2 Å². The van der Waals surface area contributed by atoms with Gasteiger partial charge in [0.05, 0.1) is 12.8 Å². The van der Waals surface area contributed by atoms with Crippen LogP contribution in [0.3, 0.4) is 0 Å². The van der Waals surface area contributed by atoms with Gasteiger partial charge in [0.2, 0.25) is 12.0 Å². The molecule has 1 unspecified atom stereocenters. The number of hydrogen-bond acceptors (Lipinski definition) is 3. The van der Waals surface area contributed by atoms with Crippen LogP contribution in [0.2, 0.25) is 0 Å². The lowest BCUT2D eigenvalue weighted by Gasteiger charge is -2.20. The molecule has 9 heteroatoms. The number of carbonyl (C=O) groups is 2. The summed E-state index contributed by atoms with van der Waals surface area (Å²) >= 11 is 8.45. The van der Waals surface area contributed by atoms with Crippen molar-refractivity contribution in [2.75, 3.05) is 5.32 Å². The van der Waals surface area contributed by atoms with Gasteiger partial charge in [-0.3, -0.25) is 4.79 Å². The van der Waals surface area contributed by atoms with Gasteiger partial charge in [0.15, 0.2) is 0 Å². The predicted octanol–water partition coefficient (Wildman–Crippen LogP) is 5.27. The number of ether oxygens (including phenoxy) is 1. The monoisotopic (exact) mass is 789 g/mol. The lowest BCUT2D eigenvalue weighted by atomic mass is 10.1. The molecule has 25 heavy (non-hydrogen) atoms. The summed E-state index contributed by atoms with van der Waals surface area (Å²) in [5, 5.41) is 12.4. The maximum Gasteiger partial charge on any atom is 0.349 e. The highest BCUT2D eigenvalue weighted by Crippen LogP contribution is 2.39. The SMILES string of the molecule is CC(=O)Nc1c(I)cc(I)c(OC(C(=O)O)c2ccc(I)cc2)c1I. The molecule has 0 aromatic heterocycles. The van der Waals surface area contributed by atoms with Crippen LogP contribution in [0.4, 0.5) is 5.69 Å². The van der Waals surface area contributed by atoms with Crippen molar-refractivity contribution in [3.63, 3.8) is 0 Å².